The van der Waals surface area contributed by atoms with E-state index in [0.29, 0.717) is 45.1 Å². The van der Waals surface area contributed by atoms with Crippen LogP contribution >= 0.6 is 0 Å². The monoisotopic (exact) mass is 452 g/mol. The van der Waals surface area contributed by atoms with Crippen LogP contribution in [0.1, 0.15) is 37.9 Å². The number of anilines is 1. The molecule has 9 heteroatoms. The highest BCUT2D eigenvalue weighted by atomic mass is 16.6. The molecular formula is C24H28N4O5. The maximum Gasteiger partial charge on any atom is 0.222 e. The predicted molar refractivity (Wildman–Crippen MR) is 122 cm³/mol. The Morgan fingerprint density at radius 2 is 2.27 bits per heavy atom. The minimum absolute atomic E-state index is 0.181. The fraction of sp³-hybridized carbons (Fsp3) is 0.458. The first-order valence-corrected chi connectivity index (χ1v) is 11.3. The number of aromatic amines is 1. The van der Waals surface area contributed by atoms with Gasteiger partial charge in [-0.05, 0) is 13.0 Å². The van der Waals surface area contributed by atoms with E-state index in [1.54, 1.807) is 13.1 Å². The summed E-state index contributed by atoms with van der Waals surface area (Å²) in [6.07, 6.45) is 5.13. The zero-order valence-electron chi connectivity index (χ0n) is 18.8. The molecule has 0 bridgehead atoms. The molecule has 1 saturated heterocycles. The SMILES string of the molecule is CC(=O)Nc1cc2c(-c3cc(OCC[C@H](C)O)c4c(n3)C3(CCOC3)OCC4)c[nH]c2cn1. The van der Waals surface area contributed by atoms with Gasteiger partial charge in [0.25, 0.3) is 0 Å². The summed E-state index contributed by atoms with van der Waals surface area (Å²) in [6.45, 7) is 5.29. The topological polar surface area (TPSA) is 119 Å². The van der Waals surface area contributed by atoms with Crippen molar-refractivity contribution in [1.29, 1.82) is 0 Å². The molecule has 0 saturated carbocycles. The fourth-order valence-electron chi connectivity index (χ4n) is 4.52. The molecule has 1 fully saturated rings. The van der Waals surface area contributed by atoms with Crippen LogP contribution in [0.5, 0.6) is 5.75 Å². The summed E-state index contributed by atoms with van der Waals surface area (Å²) < 4.78 is 18.1. The highest BCUT2D eigenvalue weighted by Gasteiger charge is 2.44. The Morgan fingerprint density at radius 1 is 1.39 bits per heavy atom. The van der Waals surface area contributed by atoms with Crippen molar-refractivity contribution in [2.45, 2.75) is 44.8 Å². The lowest BCUT2D eigenvalue weighted by Crippen LogP contribution is -2.37. The zero-order valence-corrected chi connectivity index (χ0v) is 18.8. The van der Waals surface area contributed by atoms with Crippen molar-refractivity contribution >= 4 is 22.6 Å². The Bertz CT molecular complexity index is 1180. The molecule has 1 amide bonds. The van der Waals surface area contributed by atoms with Crippen molar-refractivity contribution < 1.29 is 24.1 Å². The predicted octanol–water partition coefficient (Wildman–Crippen LogP) is 2.92. The van der Waals surface area contributed by atoms with Crippen LogP contribution in [-0.2, 0) is 26.3 Å². The number of aromatic nitrogens is 3. The van der Waals surface area contributed by atoms with E-state index in [-0.39, 0.29) is 5.91 Å². The van der Waals surface area contributed by atoms with Crippen LogP contribution < -0.4 is 10.1 Å². The molecule has 3 aromatic heterocycles. The molecule has 2 aliphatic heterocycles. The second-order valence-electron chi connectivity index (χ2n) is 8.71. The largest absolute Gasteiger partial charge is 0.493 e. The fourth-order valence-corrected chi connectivity index (χ4v) is 4.52. The van der Waals surface area contributed by atoms with Crippen LogP contribution in [0.15, 0.2) is 24.5 Å². The van der Waals surface area contributed by atoms with Gasteiger partial charge in [0.05, 0.1) is 49.0 Å². The van der Waals surface area contributed by atoms with E-state index in [2.05, 4.69) is 15.3 Å². The van der Waals surface area contributed by atoms with Crippen LogP contribution in [0.3, 0.4) is 0 Å². The summed E-state index contributed by atoms with van der Waals surface area (Å²) in [4.78, 5) is 24.1. The Morgan fingerprint density at radius 3 is 3.03 bits per heavy atom. The standard InChI is InChI=1S/C24H28N4O5/c1-14(29)3-6-32-21-10-19(28-23-16(21)4-7-33-24(23)5-8-31-13-24)18-11-25-20-12-26-22(9-17(18)20)27-15(2)30/h9-12,14,25,29H,3-8,13H2,1-2H3,(H,26,27,30)/t14-,24?/m0/s1. The van der Waals surface area contributed by atoms with E-state index in [4.69, 9.17) is 19.2 Å². The lowest BCUT2D eigenvalue weighted by atomic mass is 9.89. The first-order chi connectivity index (χ1) is 15.9. The molecule has 0 aliphatic carbocycles. The van der Waals surface area contributed by atoms with E-state index < -0.39 is 11.7 Å². The van der Waals surface area contributed by atoms with Crippen molar-refractivity contribution in [3.63, 3.8) is 0 Å². The molecule has 2 atom stereocenters. The molecule has 9 nitrogen and oxygen atoms in total. The number of aliphatic hydroxyl groups excluding tert-OH is 1. The molecule has 174 valence electrons. The zero-order chi connectivity index (χ0) is 23.0. The number of carbonyl (C=O) groups excluding carboxylic acids is 1. The molecule has 0 aromatic carbocycles. The maximum atomic E-state index is 11.5. The van der Waals surface area contributed by atoms with Gasteiger partial charge in [0.1, 0.15) is 17.2 Å². The summed E-state index contributed by atoms with van der Waals surface area (Å²) >= 11 is 0. The van der Waals surface area contributed by atoms with Gasteiger partial charge in [-0.15, -0.1) is 0 Å². The molecule has 33 heavy (non-hydrogen) atoms. The number of nitrogens with one attached hydrogen (secondary N) is 2. The third kappa shape index (κ3) is 4.19. The number of amides is 1. The lowest BCUT2D eigenvalue weighted by Gasteiger charge is -2.34. The molecule has 1 unspecified atom stereocenters. The number of hydrogen-bond donors (Lipinski definition) is 3. The van der Waals surface area contributed by atoms with Crippen molar-refractivity contribution in [3.8, 4) is 17.0 Å². The van der Waals surface area contributed by atoms with Crippen LogP contribution in [-0.4, -0.2) is 58.5 Å². The number of aliphatic hydroxyl groups is 1. The number of pyridine rings is 2. The van der Waals surface area contributed by atoms with Gasteiger partial charge in [0.2, 0.25) is 5.91 Å². The van der Waals surface area contributed by atoms with Crippen molar-refractivity contribution in [1.82, 2.24) is 15.0 Å². The number of rotatable bonds is 6. The molecule has 1 spiro atoms. The van der Waals surface area contributed by atoms with Gasteiger partial charge in [-0.2, -0.15) is 0 Å². The Balaban J connectivity index is 1.62. The Kier molecular flexibility index (Phi) is 5.77. The van der Waals surface area contributed by atoms with Gasteiger partial charge >= 0.3 is 0 Å². The van der Waals surface area contributed by atoms with E-state index in [0.717, 1.165) is 45.6 Å². The highest BCUT2D eigenvalue weighted by Crippen LogP contribution is 2.43. The Labute approximate surface area is 191 Å². The molecule has 3 aromatic rings. The number of hydrogen-bond acceptors (Lipinski definition) is 7. The van der Waals surface area contributed by atoms with Gasteiger partial charge in [-0.3, -0.25) is 4.79 Å². The molecule has 3 N–H and O–H groups in total. The minimum atomic E-state index is -0.568. The number of carbonyl (C=O) groups is 1. The summed E-state index contributed by atoms with van der Waals surface area (Å²) in [5, 5.41) is 13.3. The van der Waals surface area contributed by atoms with E-state index in [9.17, 15) is 9.90 Å². The van der Waals surface area contributed by atoms with Gasteiger partial charge < -0.3 is 29.6 Å². The van der Waals surface area contributed by atoms with Gasteiger partial charge in [-0.1, -0.05) is 0 Å². The summed E-state index contributed by atoms with van der Waals surface area (Å²) in [7, 11) is 0. The summed E-state index contributed by atoms with van der Waals surface area (Å²) in [6, 6.07) is 3.79. The first-order valence-electron chi connectivity index (χ1n) is 11.3. The van der Waals surface area contributed by atoms with Crippen molar-refractivity contribution in [2.75, 3.05) is 31.7 Å². The quantitative estimate of drug-likeness (QED) is 0.526. The highest BCUT2D eigenvalue weighted by molar-refractivity contribution is 5.97. The molecular weight excluding hydrogens is 424 g/mol. The van der Waals surface area contributed by atoms with Crippen LogP contribution in [0.25, 0.3) is 22.2 Å². The second-order valence-corrected chi connectivity index (χ2v) is 8.71. The third-order valence-electron chi connectivity index (χ3n) is 6.17. The van der Waals surface area contributed by atoms with Crippen LogP contribution in [0.2, 0.25) is 0 Å². The summed E-state index contributed by atoms with van der Waals surface area (Å²) in [5.74, 6) is 1.06. The van der Waals surface area contributed by atoms with Crippen molar-refractivity contribution in [2.24, 2.45) is 0 Å². The van der Waals surface area contributed by atoms with Gasteiger partial charge in [-0.25, -0.2) is 9.97 Å². The first kappa shape index (κ1) is 21.8. The maximum absolute atomic E-state index is 11.5. The van der Waals surface area contributed by atoms with Crippen molar-refractivity contribution in [3.05, 3.63) is 35.8 Å². The average Bonchev–Trinajstić information content (AvgIpc) is 3.41. The smallest absolute Gasteiger partial charge is 0.222 e. The van der Waals surface area contributed by atoms with Crippen LogP contribution in [0, 0.1) is 0 Å². The van der Waals surface area contributed by atoms with E-state index in [1.807, 2.05) is 18.3 Å². The van der Waals surface area contributed by atoms with Gasteiger partial charge in [0.15, 0.2) is 0 Å². The average molecular weight is 453 g/mol. The van der Waals surface area contributed by atoms with Gasteiger partial charge in [0, 0.05) is 61.6 Å². The number of nitrogens with zero attached hydrogens (tertiary/aromatic N) is 2. The van der Waals surface area contributed by atoms with E-state index >= 15 is 0 Å². The lowest BCUT2D eigenvalue weighted by molar-refractivity contribution is -0.114. The normalized spacial score (nSPS) is 20.7. The molecule has 0 radical (unpaired) electrons. The number of H-pyrrole nitrogens is 1. The number of ether oxygens (including phenoxy) is 3. The number of fused-ring (bicyclic) bond motifs is 3. The molecule has 5 heterocycles. The molecule has 2 aliphatic rings. The Hall–Kier alpha value is -3.01. The van der Waals surface area contributed by atoms with Crippen LogP contribution in [0.4, 0.5) is 5.82 Å². The second kappa shape index (κ2) is 8.74. The molecule has 5 rings (SSSR count). The minimum Gasteiger partial charge on any atom is -0.493 e. The van der Waals surface area contributed by atoms with E-state index in [1.165, 1.54) is 6.92 Å². The summed E-state index contributed by atoms with van der Waals surface area (Å²) in [5.41, 5.74) is 3.79. The third-order valence-corrected chi connectivity index (χ3v) is 6.17.